The summed E-state index contributed by atoms with van der Waals surface area (Å²) in [5, 5.41) is 9.34. The number of piperazine rings is 1. The van der Waals surface area contributed by atoms with Crippen LogP contribution in [0.5, 0.6) is 0 Å². The molecule has 1 aliphatic heterocycles. The van der Waals surface area contributed by atoms with E-state index in [2.05, 4.69) is 38.8 Å². The average molecular weight is 323 g/mol. The maximum atomic E-state index is 9.34. The molecule has 2 aliphatic rings. The lowest BCUT2D eigenvalue weighted by molar-refractivity contribution is 0.195. The van der Waals surface area contributed by atoms with Gasteiger partial charge in [-0.2, -0.15) is 5.26 Å². The Bertz CT molecular complexity index is 739. The smallest absolute Gasteiger partial charge is 0.234 e. The third-order valence-electron chi connectivity index (χ3n) is 4.97. The van der Waals surface area contributed by atoms with E-state index >= 15 is 0 Å². The van der Waals surface area contributed by atoms with Crippen molar-refractivity contribution in [3.8, 4) is 6.07 Å². The molecule has 1 atom stereocenters. The minimum atomic E-state index is 0.341. The van der Waals surface area contributed by atoms with Crippen LogP contribution in [-0.2, 0) is 0 Å². The van der Waals surface area contributed by atoms with Gasteiger partial charge in [-0.05, 0) is 31.4 Å². The topological polar surface area (TPSA) is 69.2 Å². The van der Waals surface area contributed by atoms with Crippen LogP contribution < -0.4 is 4.90 Å². The minimum Gasteiger partial charge on any atom is -0.423 e. The summed E-state index contributed by atoms with van der Waals surface area (Å²) in [5.74, 6) is 1.83. The summed E-state index contributed by atoms with van der Waals surface area (Å²) in [4.78, 5) is 13.2. The lowest BCUT2D eigenvalue weighted by atomic mass is 10.1. The molecule has 0 N–H and O–H groups in total. The first-order chi connectivity index (χ1) is 11.8. The summed E-state index contributed by atoms with van der Waals surface area (Å²) in [6.45, 7) is 5.77. The average Bonchev–Trinajstić information content (AvgIpc) is 3.41. The molecule has 24 heavy (non-hydrogen) atoms. The zero-order chi connectivity index (χ0) is 16.5. The van der Waals surface area contributed by atoms with E-state index in [4.69, 9.17) is 4.42 Å². The van der Waals surface area contributed by atoms with Crippen LogP contribution in [0.25, 0.3) is 0 Å². The molecule has 1 unspecified atom stereocenters. The summed E-state index contributed by atoms with van der Waals surface area (Å²) in [7, 11) is 0. The van der Waals surface area contributed by atoms with Crippen LogP contribution in [0.1, 0.15) is 48.9 Å². The van der Waals surface area contributed by atoms with Crippen molar-refractivity contribution in [2.75, 3.05) is 31.1 Å². The number of oxazole rings is 1. The van der Waals surface area contributed by atoms with Crippen molar-refractivity contribution in [2.45, 2.75) is 31.7 Å². The summed E-state index contributed by atoms with van der Waals surface area (Å²) >= 11 is 0. The SMILES string of the molecule is CC(c1cccnc1)N1CCN(c2oc(C3CC3)nc2C#N)CC1. The third kappa shape index (κ3) is 2.87. The molecular weight excluding hydrogens is 302 g/mol. The molecule has 1 saturated carbocycles. The van der Waals surface area contributed by atoms with Crippen molar-refractivity contribution in [1.82, 2.24) is 14.9 Å². The number of rotatable bonds is 4. The number of nitriles is 1. The lowest BCUT2D eigenvalue weighted by Crippen LogP contribution is -2.47. The summed E-state index contributed by atoms with van der Waals surface area (Å²) < 4.78 is 5.91. The van der Waals surface area contributed by atoms with E-state index in [1.54, 1.807) is 6.20 Å². The van der Waals surface area contributed by atoms with Gasteiger partial charge in [-0.1, -0.05) is 6.07 Å². The fourth-order valence-corrected chi connectivity index (χ4v) is 3.27. The molecule has 0 amide bonds. The van der Waals surface area contributed by atoms with Crippen molar-refractivity contribution in [3.05, 3.63) is 41.7 Å². The fraction of sp³-hybridized carbons (Fsp3) is 0.500. The zero-order valence-corrected chi connectivity index (χ0v) is 13.9. The Hall–Kier alpha value is -2.39. The van der Waals surface area contributed by atoms with Crippen molar-refractivity contribution in [3.63, 3.8) is 0 Å². The highest BCUT2D eigenvalue weighted by molar-refractivity contribution is 5.48. The van der Waals surface area contributed by atoms with Crippen LogP contribution in [-0.4, -0.2) is 41.0 Å². The fourth-order valence-electron chi connectivity index (χ4n) is 3.27. The molecule has 4 rings (SSSR count). The normalized spacial score (nSPS) is 19.9. The summed E-state index contributed by atoms with van der Waals surface area (Å²) in [6.07, 6.45) is 5.99. The van der Waals surface area contributed by atoms with Gasteiger partial charge in [0.25, 0.3) is 0 Å². The Kier molecular flexibility index (Phi) is 3.95. The van der Waals surface area contributed by atoms with E-state index in [0.717, 1.165) is 44.9 Å². The quantitative estimate of drug-likeness (QED) is 0.861. The number of hydrogen-bond donors (Lipinski definition) is 0. The van der Waals surface area contributed by atoms with Crippen LogP contribution in [0, 0.1) is 11.3 Å². The second-order valence-corrected chi connectivity index (χ2v) is 6.58. The predicted molar refractivity (Wildman–Crippen MR) is 89.6 cm³/mol. The van der Waals surface area contributed by atoms with Gasteiger partial charge in [-0.15, -0.1) is 0 Å². The van der Waals surface area contributed by atoms with Gasteiger partial charge in [-0.3, -0.25) is 9.88 Å². The number of anilines is 1. The maximum absolute atomic E-state index is 9.34. The number of pyridine rings is 1. The molecule has 2 aromatic heterocycles. The van der Waals surface area contributed by atoms with Crippen LogP contribution in [0.4, 0.5) is 5.88 Å². The van der Waals surface area contributed by atoms with E-state index in [1.165, 1.54) is 5.56 Å². The first-order valence-electron chi connectivity index (χ1n) is 8.56. The van der Waals surface area contributed by atoms with Gasteiger partial charge < -0.3 is 9.32 Å². The molecule has 1 saturated heterocycles. The van der Waals surface area contributed by atoms with Crippen molar-refractivity contribution < 1.29 is 4.42 Å². The molecule has 0 bridgehead atoms. The van der Waals surface area contributed by atoms with Gasteiger partial charge >= 0.3 is 0 Å². The Balaban J connectivity index is 1.44. The highest BCUT2D eigenvalue weighted by atomic mass is 16.4. The molecule has 0 radical (unpaired) electrons. The highest BCUT2D eigenvalue weighted by Gasteiger charge is 2.32. The Morgan fingerprint density at radius 3 is 2.71 bits per heavy atom. The van der Waals surface area contributed by atoms with Crippen molar-refractivity contribution in [1.29, 1.82) is 5.26 Å². The second-order valence-electron chi connectivity index (χ2n) is 6.58. The van der Waals surface area contributed by atoms with Crippen molar-refractivity contribution in [2.24, 2.45) is 0 Å². The van der Waals surface area contributed by atoms with Gasteiger partial charge in [0.15, 0.2) is 0 Å². The standard InChI is InChI=1S/C18H21N5O/c1-13(15-3-2-6-20-12-15)22-7-9-23(10-8-22)18-16(11-19)21-17(24-18)14-4-5-14/h2-3,6,12-14H,4-5,7-10H2,1H3. The maximum Gasteiger partial charge on any atom is 0.234 e. The first kappa shape index (κ1) is 15.2. The Morgan fingerprint density at radius 1 is 1.29 bits per heavy atom. The number of hydrogen-bond acceptors (Lipinski definition) is 6. The van der Waals surface area contributed by atoms with Gasteiger partial charge in [0.05, 0.1) is 0 Å². The van der Waals surface area contributed by atoms with E-state index in [0.29, 0.717) is 23.5 Å². The molecule has 0 aromatic carbocycles. The van der Waals surface area contributed by atoms with Gasteiger partial charge in [0, 0.05) is 50.5 Å². The molecule has 0 spiro atoms. The van der Waals surface area contributed by atoms with Crippen LogP contribution in [0.15, 0.2) is 28.9 Å². The van der Waals surface area contributed by atoms with Crippen LogP contribution in [0.2, 0.25) is 0 Å². The van der Waals surface area contributed by atoms with Gasteiger partial charge in [0.1, 0.15) is 6.07 Å². The molecule has 6 heteroatoms. The lowest BCUT2D eigenvalue weighted by Gasteiger charge is -2.37. The third-order valence-corrected chi connectivity index (χ3v) is 4.97. The molecule has 2 aromatic rings. The summed E-state index contributed by atoms with van der Waals surface area (Å²) in [6, 6.07) is 6.63. The number of aromatic nitrogens is 2. The largest absolute Gasteiger partial charge is 0.423 e. The molecule has 1 aliphatic carbocycles. The van der Waals surface area contributed by atoms with Crippen molar-refractivity contribution >= 4 is 5.88 Å². The van der Waals surface area contributed by atoms with Gasteiger partial charge in [0.2, 0.25) is 17.5 Å². The number of nitrogens with zero attached hydrogens (tertiary/aromatic N) is 5. The molecule has 3 heterocycles. The zero-order valence-electron chi connectivity index (χ0n) is 13.9. The summed E-state index contributed by atoms with van der Waals surface area (Å²) in [5.41, 5.74) is 1.67. The Labute approximate surface area is 141 Å². The second kappa shape index (κ2) is 6.25. The van der Waals surface area contributed by atoms with E-state index in [9.17, 15) is 5.26 Å². The highest BCUT2D eigenvalue weighted by Crippen LogP contribution is 2.41. The molecule has 124 valence electrons. The molecule has 2 fully saturated rings. The van der Waals surface area contributed by atoms with Crippen LogP contribution >= 0.6 is 0 Å². The predicted octanol–water partition coefficient (Wildman–Crippen LogP) is 2.70. The van der Waals surface area contributed by atoms with E-state index in [1.807, 2.05) is 12.3 Å². The van der Waals surface area contributed by atoms with Crippen LogP contribution in [0.3, 0.4) is 0 Å². The minimum absolute atomic E-state index is 0.341. The monoisotopic (exact) mass is 323 g/mol. The Morgan fingerprint density at radius 2 is 2.08 bits per heavy atom. The first-order valence-corrected chi connectivity index (χ1v) is 8.56. The van der Waals surface area contributed by atoms with E-state index < -0.39 is 0 Å². The van der Waals surface area contributed by atoms with E-state index in [-0.39, 0.29) is 0 Å². The molecular formula is C18H21N5O. The van der Waals surface area contributed by atoms with Gasteiger partial charge in [-0.25, -0.2) is 4.98 Å². The molecule has 6 nitrogen and oxygen atoms in total.